The number of benzene rings is 1. The molecular weight excluding hydrogens is 332 g/mol. The lowest BCUT2D eigenvalue weighted by Gasteiger charge is -2.43. The maximum atomic E-state index is 12.7. The third-order valence-electron chi connectivity index (χ3n) is 5.71. The molecule has 3 fully saturated rings. The van der Waals surface area contributed by atoms with Gasteiger partial charge in [0.2, 0.25) is 11.8 Å². The van der Waals surface area contributed by atoms with E-state index in [2.05, 4.69) is 0 Å². The number of hydrogen-bond donors (Lipinski definition) is 0. The van der Waals surface area contributed by atoms with E-state index < -0.39 is 0 Å². The average Bonchev–Trinajstić information content (AvgIpc) is 3.12. The van der Waals surface area contributed by atoms with Crippen molar-refractivity contribution in [1.82, 2.24) is 9.80 Å². The highest BCUT2D eigenvalue weighted by atomic mass is 16.5. The van der Waals surface area contributed by atoms with Gasteiger partial charge in [0.1, 0.15) is 6.61 Å². The van der Waals surface area contributed by atoms with Gasteiger partial charge in [0.15, 0.2) is 0 Å². The van der Waals surface area contributed by atoms with Crippen molar-refractivity contribution in [3.63, 3.8) is 0 Å². The summed E-state index contributed by atoms with van der Waals surface area (Å²) >= 11 is 0. The first kappa shape index (κ1) is 17.5. The molecule has 6 heteroatoms. The molecule has 0 radical (unpaired) electrons. The Kier molecular flexibility index (Phi) is 5.22. The fourth-order valence-corrected chi connectivity index (χ4v) is 4.32. The molecule has 6 nitrogen and oxygen atoms in total. The lowest BCUT2D eigenvalue weighted by molar-refractivity contribution is -0.159. The molecule has 3 aliphatic rings. The van der Waals surface area contributed by atoms with Crippen molar-refractivity contribution < 1.29 is 19.1 Å². The van der Waals surface area contributed by atoms with Crippen LogP contribution in [0.5, 0.6) is 0 Å². The van der Waals surface area contributed by atoms with E-state index in [4.69, 9.17) is 9.47 Å². The van der Waals surface area contributed by atoms with E-state index in [0.717, 1.165) is 19.3 Å². The molecule has 0 bridgehead atoms. The maximum absolute atomic E-state index is 12.7. The third-order valence-corrected chi connectivity index (χ3v) is 5.71. The summed E-state index contributed by atoms with van der Waals surface area (Å²) in [6.45, 7) is 2.70. The van der Waals surface area contributed by atoms with Gasteiger partial charge in [-0.1, -0.05) is 30.3 Å². The molecule has 1 aromatic carbocycles. The summed E-state index contributed by atoms with van der Waals surface area (Å²) in [4.78, 5) is 29.0. The van der Waals surface area contributed by atoms with Gasteiger partial charge in [-0.05, 0) is 24.8 Å². The summed E-state index contributed by atoms with van der Waals surface area (Å²) in [5.41, 5.74) is 1.17. The van der Waals surface area contributed by atoms with Gasteiger partial charge in [0.25, 0.3) is 0 Å². The Labute approximate surface area is 154 Å². The van der Waals surface area contributed by atoms with Crippen LogP contribution < -0.4 is 0 Å². The molecule has 1 aromatic rings. The summed E-state index contributed by atoms with van der Waals surface area (Å²) in [6, 6.07) is 10.3. The Morgan fingerprint density at radius 2 is 1.88 bits per heavy atom. The van der Waals surface area contributed by atoms with Crippen LogP contribution in [0.3, 0.4) is 0 Å². The van der Waals surface area contributed by atoms with Gasteiger partial charge in [0, 0.05) is 38.8 Å². The summed E-state index contributed by atoms with van der Waals surface area (Å²) < 4.78 is 11.2. The number of rotatable bonds is 4. The topological polar surface area (TPSA) is 59.1 Å². The average molecular weight is 358 g/mol. The molecule has 3 heterocycles. The van der Waals surface area contributed by atoms with Crippen LogP contribution in [0.25, 0.3) is 0 Å². The van der Waals surface area contributed by atoms with Crippen LogP contribution in [0.15, 0.2) is 30.3 Å². The fraction of sp³-hybridized carbons (Fsp3) is 0.600. The van der Waals surface area contributed by atoms with Crippen LogP contribution in [-0.4, -0.2) is 72.7 Å². The fourth-order valence-electron chi connectivity index (χ4n) is 4.32. The van der Waals surface area contributed by atoms with Crippen molar-refractivity contribution in [2.75, 3.05) is 32.9 Å². The molecule has 0 spiro atoms. The van der Waals surface area contributed by atoms with E-state index >= 15 is 0 Å². The number of amides is 2. The van der Waals surface area contributed by atoms with Crippen LogP contribution >= 0.6 is 0 Å². The normalized spacial score (nSPS) is 26.8. The van der Waals surface area contributed by atoms with Gasteiger partial charge in [-0.15, -0.1) is 0 Å². The number of fused-ring (bicyclic) bond motifs is 1. The summed E-state index contributed by atoms with van der Waals surface area (Å²) in [5, 5.41) is 0. The lowest BCUT2D eigenvalue weighted by atomic mass is 10.0. The van der Waals surface area contributed by atoms with Crippen molar-refractivity contribution in [2.24, 2.45) is 0 Å². The van der Waals surface area contributed by atoms with Crippen LogP contribution in [0.1, 0.15) is 24.8 Å². The van der Waals surface area contributed by atoms with Crippen LogP contribution in [0.2, 0.25) is 0 Å². The predicted molar refractivity (Wildman–Crippen MR) is 95.6 cm³/mol. The molecule has 0 aromatic heterocycles. The highest BCUT2D eigenvalue weighted by Gasteiger charge is 2.46. The van der Waals surface area contributed by atoms with Crippen LogP contribution in [0.4, 0.5) is 0 Å². The number of morpholine rings is 1. The molecule has 26 heavy (non-hydrogen) atoms. The van der Waals surface area contributed by atoms with Crippen molar-refractivity contribution in [2.45, 2.75) is 43.9 Å². The highest BCUT2D eigenvalue weighted by Crippen LogP contribution is 2.29. The van der Waals surface area contributed by atoms with Gasteiger partial charge in [-0.2, -0.15) is 0 Å². The van der Waals surface area contributed by atoms with E-state index in [1.165, 1.54) is 5.56 Å². The van der Waals surface area contributed by atoms with E-state index in [0.29, 0.717) is 32.7 Å². The second-order valence-electron chi connectivity index (χ2n) is 7.35. The maximum Gasteiger partial charge on any atom is 0.249 e. The quantitative estimate of drug-likeness (QED) is 0.813. The highest BCUT2D eigenvalue weighted by molar-refractivity contribution is 5.80. The molecule has 3 aliphatic heterocycles. The van der Waals surface area contributed by atoms with Gasteiger partial charge in [0.05, 0.1) is 12.1 Å². The van der Waals surface area contributed by atoms with Crippen molar-refractivity contribution >= 4 is 11.8 Å². The zero-order valence-corrected chi connectivity index (χ0v) is 15.0. The van der Waals surface area contributed by atoms with Gasteiger partial charge in [-0.25, -0.2) is 0 Å². The molecule has 140 valence electrons. The largest absolute Gasteiger partial charge is 0.381 e. The molecule has 4 rings (SSSR count). The van der Waals surface area contributed by atoms with Crippen molar-refractivity contribution in [3.8, 4) is 0 Å². The second-order valence-corrected chi connectivity index (χ2v) is 7.35. The van der Waals surface area contributed by atoms with E-state index in [1.807, 2.05) is 40.1 Å². The first-order chi connectivity index (χ1) is 12.7. The Bertz CT molecular complexity index is 644. The zero-order valence-electron chi connectivity index (χ0n) is 15.0. The molecule has 2 atom stereocenters. The summed E-state index contributed by atoms with van der Waals surface area (Å²) in [7, 11) is 0. The number of aryl methyl sites for hydroxylation is 1. The number of nitrogens with zero attached hydrogens (tertiary/aromatic N) is 2. The van der Waals surface area contributed by atoms with Crippen LogP contribution in [-0.2, 0) is 25.5 Å². The number of carbonyl (C=O) groups is 2. The number of likely N-dealkylation sites (tertiary alicyclic amines) is 1. The molecule has 2 amide bonds. The first-order valence-corrected chi connectivity index (χ1v) is 9.54. The van der Waals surface area contributed by atoms with Gasteiger partial charge in [-0.3, -0.25) is 9.59 Å². The SMILES string of the molecule is O=C(CCc1ccccc1)N1C[C@@H]2OCC(=O)N(C3CCOCC3)[C@H]2C1. The second kappa shape index (κ2) is 7.76. The minimum Gasteiger partial charge on any atom is -0.381 e. The monoisotopic (exact) mass is 358 g/mol. The first-order valence-electron chi connectivity index (χ1n) is 9.54. The van der Waals surface area contributed by atoms with Gasteiger partial charge < -0.3 is 19.3 Å². The van der Waals surface area contributed by atoms with Crippen LogP contribution in [0, 0.1) is 0 Å². The number of ether oxygens (including phenoxy) is 2. The summed E-state index contributed by atoms with van der Waals surface area (Å²) in [5.74, 6) is 0.197. The molecular formula is C20H26N2O4. The van der Waals surface area contributed by atoms with Gasteiger partial charge >= 0.3 is 0 Å². The third kappa shape index (κ3) is 3.62. The minimum absolute atomic E-state index is 0.0139. The summed E-state index contributed by atoms with van der Waals surface area (Å²) in [6.07, 6.45) is 2.92. The Balaban J connectivity index is 1.38. The molecule has 0 saturated carbocycles. The molecule has 0 unspecified atom stereocenters. The van der Waals surface area contributed by atoms with E-state index in [9.17, 15) is 9.59 Å². The lowest BCUT2D eigenvalue weighted by Crippen LogP contribution is -2.58. The minimum atomic E-state index is -0.0591. The number of carbonyl (C=O) groups excluding carboxylic acids is 2. The zero-order chi connectivity index (χ0) is 17.9. The number of hydrogen-bond acceptors (Lipinski definition) is 4. The molecule has 0 aliphatic carbocycles. The van der Waals surface area contributed by atoms with E-state index in [1.54, 1.807) is 0 Å². The molecule has 3 saturated heterocycles. The Morgan fingerprint density at radius 3 is 2.65 bits per heavy atom. The Morgan fingerprint density at radius 1 is 1.12 bits per heavy atom. The molecule has 0 N–H and O–H groups in total. The van der Waals surface area contributed by atoms with Crippen molar-refractivity contribution in [1.29, 1.82) is 0 Å². The van der Waals surface area contributed by atoms with Crippen molar-refractivity contribution in [3.05, 3.63) is 35.9 Å². The Hall–Kier alpha value is -1.92. The van der Waals surface area contributed by atoms with E-state index in [-0.39, 0.29) is 36.6 Å². The smallest absolute Gasteiger partial charge is 0.249 e. The predicted octanol–water partition coefficient (Wildman–Crippen LogP) is 1.24. The standard InChI is InChI=1S/C20H26N2O4/c23-19(7-6-15-4-2-1-3-5-15)21-12-17-18(13-21)26-14-20(24)22(17)16-8-10-25-11-9-16/h1-5,16-18H,6-14H2/t17-,18-/m0/s1.